The molecule has 0 bridgehead atoms. The van der Waals surface area contributed by atoms with Crippen molar-refractivity contribution < 1.29 is 14.3 Å². The molecule has 150 valence electrons. The molecule has 0 spiro atoms. The Morgan fingerprint density at radius 3 is 2.45 bits per heavy atom. The van der Waals surface area contributed by atoms with Crippen LogP contribution in [0.25, 0.3) is 9.88 Å². The van der Waals surface area contributed by atoms with Gasteiger partial charge in [0.2, 0.25) is 0 Å². The lowest BCUT2D eigenvalue weighted by Gasteiger charge is -2.34. The fourth-order valence-electron chi connectivity index (χ4n) is 3.25. The topological polar surface area (TPSA) is 62.7 Å². The summed E-state index contributed by atoms with van der Waals surface area (Å²) in [5.41, 5.74) is 0.567. The highest BCUT2D eigenvalue weighted by atomic mass is 32.1. The molecule has 0 saturated carbocycles. The molecule has 0 N–H and O–H groups in total. The second-order valence-electron chi connectivity index (χ2n) is 6.52. The number of aromatic nitrogens is 1. The predicted molar refractivity (Wildman–Crippen MR) is 115 cm³/mol. The van der Waals surface area contributed by atoms with Crippen LogP contribution in [-0.4, -0.2) is 59.4 Å². The number of benzene rings is 1. The smallest absolute Gasteiger partial charge is 0.265 e. The Kier molecular flexibility index (Phi) is 5.92. The highest BCUT2D eigenvalue weighted by Crippen LogP contribution is 2.29. The summed E-state index contributed by atoms with van der Waals surface area (Å²) >= 11 is 3.03. The predicted octanol–water partition coefficient (Wildman–Crippen LogP) is 3.87. The van der Waals surface area contributed by atoms with Crippen molar-refractivity contribution in [2.45, 2.75) is 6.92 Å². The number of hydrogen-bond donors (Lipinski definition) is 0. The molecule has 1 saturated heterocycles. The fourth-order valence-corrected chi connectivity index (χ4v) is 4.94. The van der Waals surface area contributed by atoms with E-state index >= 15 is 0 Å². The number of thiophene rings is 1. The third kappa shape index (κ3) is 4.18. The van der Waals surface area contributed by atoms with Crippen LogP contribution in [-0.2, 0) is 0 Å². The summed E-state index contributed by atoms with van der Waals surface area (Å²) in [6, 6.07) is 11.3. The molecule has 0 unspecified atom stereocenters. The van der Waals surface area contributed by atoms with E-state index in [0.29, 0.717) is 49.0 Å². The van der Waals surface area contributed by atoms with E-state index in [1.165, 1.54) is 11.3 Å². The van der Waals surface area contributed by atoms with Gasteiger partial charge in [0.1, 0.15) is 15.6 Å². The van der Waals surface area contributed by atoms with E-state index in [9.17, 15) is 9.59 Å². The number of carbonyl (C=O) groups is 2. The summed E-state index contributed by atoms with van der Waals surface area (Å²) in [4.78, 5) is 35.4. The highest BCUT2D eigenvalue weighted by Gasteiger charge is 2.27. The number of thiazole rings is 1. The highest BCUT2D eigenvalue weighted by molar-refractivity contribution is 7.21. The lowest BCUT2D eigenvalue weighted by atomic mass is 10.1. The molecular formula is C21H21N3O3S2. The van der Waals surface area contributed by atoms with Crippen LogP contribution in [0.3, 0.4) is 0 Å². The van der Waals surface area contributed by atoms with Gasteiger partial charge >= 0.3 is 0 Å². The zero-order chi connectivity index (χ0) is 20.2. The number of nitrogens with zero attached hydrogens (tertiary/aromatic N) is 3. The Labute approximate surface area is 177 Å². The molecule has 29 heavy (non-hydrogen) atoms. The van der Waals surface area contributed by atoms with Gasteiger partial charge in [0, 0.05) is 26.2 Å². The minimum absolute atomic E-state index is 0.0212. The molecular weight excluding hydrogens is 406 g/mol. The Morgan fingerprint density at radius 2 is 1.76 bits per heavy atom. The third-order valence-corrected chi connectivity index (χ3v) is 6.74. The molecule has 0 aliphatic carbocycles. The standard InChI is InChI=1S/C21H21N3O3S2/c1-2-27-16-7-4-3-6-15(16)20(25)23-9-11-24(12-10-23)21(26)18-14-22-19(29-18)17-8-5-13-28-17/h3-8,13-14H,2,9-12H2,1H3. The zero-order valence-corrected chi connectivity index (χ0v) is 17.7. The second-order valence-corrected chi connectivity index (χ2v) is 8.50. The summed E-state index contributed by atoms with van der Waals surface area (Å²) in [7, 11) is 0. The van der Waals surface area contributed by atoms with Gasteiger partial charge in [-0.2, -0.15) is 0 Å². The monoisotopic (exact) mass is 427 g/mol. The van der Waals surface area contributed by atoms with E-state index in [1.54, 1.807) is 33.4 Å². The average Bonchev–Trinajstić information content (AvgIpc) is 3.45. The number of ether oxygens (including phenoxy) is 1. The number of para-hydroxylation sites is 1. The van der Waals surface area contributed by atoms with Gasteiger partial charge in [-0.25, -0.2) is 4.98 Å². The summed E-state index contributed by atoms with van der Waals surface area (Å²) in [5.74, 6) is 0.523. The Morgan fingerprint density at radius 1 is 1.03 bits per heavy atom. The van der Waals surface area contributed by atoms with Gasteiger partial charge in [-0.1, -0.05) is 18.2 Å². The number of amides is 2. The van der Waals surface area contributed by atoms with Crippen LogP contribution in [0, 0.1) is 0 Å². The molecule has 3 heterocycles. The van der Waals surface area contributed by atoms with Gasteiger partial charge in [-0.3, -0.25) is 9.59 Å². The molecule has 2 aromatic heterocycles. The quantitative estimate of drug-likeness (QED) is 0.620. The second kappa shape index (κ2) is 8.75. The Bertz CT molecular complexity index is 992. The molecule has 6 nitrogen and oxygen atoms in total. The number of hydrogen-bond acceptors (Lipinski definition) is 6. The molecule has 1 aromatic carbocycles. The number of rotatable bonds is 5. The van der Waals surface area contributed by atoms with Crippen LogP contribution in [0.4, 0.5) is 0 Å². The van der Waals surface area contributed by atoms with Gasteiger partial charge in [-0.05, 0) is 30.5 Å². The zero-order valence-electron chi connectivity index (χ0n) is 16.0. The van der Waals surface area contributed by atoms with Crippen LogP contribution < -0.4 is 4.74 Å². The Hall–Kier alpha value is -2.71. The molecule has 3 aromatic rings. The fraction of sp³-hybridized carbons (Fsp3) is 0.286. The van der Waals surface area contributed by atoms with Crippen LogP contribution in [0.15, 0.2) is 48.0 Å². The van der Waals surface area contributed by atoms with Crippen LogP contribution in [0.2, 0.25) is 0 Å². The minimum Gasteiger partial charge on any atom is -0.493 e. The summed E-state index contributed by atoms with van der Waals surface area (Å²) < 4.78 is 5.58. The van der Waals surface area contributed by atoms with Gasteiger partial charge < -0.3 is 14.5 Å². The van der Waals surface area contributed by atoms with Crippen molar-refractivity contribution in [3.8, 4) is 15.6 Å². The minimum atomic E-state index is -0.0566. The Balaban J connectivity index is 1.39. The maximum Gasteiger partial charge on any atom is 0.265 e. The average molecular weight is 428 g/mol. The van der Waals surface area contributed by atoms with Crippen molar-refractivity contribution in [3.63, 3.8) is 0 Å². The first kappa shape index (κ1) is 19.6. The van der Waals surface area contributed by atoms with Gasteiger partial charge in [0.05, 0.1) is 23.2 Å². The van der Waals surface area contributed by atoms with Crippen molar-refractivity contribution in [3.05, 3.63) is 58.4 Å². The van der Waals surface area contributed by atoms with Gasteiger partial charge in [0.25, 0.3) is 11.8 Å². The van der Waals surface area contributed by atoms with E-state index in [4.69, 9.17) is 4.74 Å². The SMILES string of the molecule is CCOc1ccccc1C(=O)N1CCN(C(=O)c2cnc(-c3cccs3)s2)CC1. The molecule has 1 fully saturated rings. The maximum absolute atomic E-state index is 12.9. The van der Waals surface area contributed by atoms with E-state index in [2.05, 4.69) is 4.98 Å². The molecule has 0 radical (unpaired) electrons. The first-order chi connectivity index (χ1) is 14.2. The molecule has 1 aliphatic rings. The molecule has 1 aliphatic heterocycles. The first-order valence-corrected chi connectivity index (χ1v) is 11.2. The lowest BCUT2D eigenvalue weighted by molar-refractivity contribution is 0.0535. The van der Waals surface area contributed by atoms with E-state index in [-0.39, 0.29) is 11.8 Å². The van der Waals surface area contributed by atoms with Crippen LogP contribution in [0.1, 0.15) is 27.0 Å². The summed E-state index contributed by atoms with van der Waals surface area (Å²) in [5, 5.41) is 2.86. The van der Waals surface area contributed by atoms with Gasteiger partial charge in [-0.15, -0.1) is 22.7 Å². The molecule has 2 amide bonds. The van der Waals surface area contributed by atoms with Crippen molar-refractivity contribution in [2.24, 2.45) is 0 Å². The van der Waals surface area contributed by atoms with Crippen molar-refractivity contribution >= 4 is 34.5 Å². The van der Waals surface area contributed by atoms with E-state index in [1.807, 2.05) is 42.6 Å². The number of piperazine rings is 1. The number of carbonyl (C=O) groups excluding carboxylic acids is 2. The van der Waals surface area contributed by atoms with Crippen molar-refractivity contribution in [1.29, 1.82) is 0 Å². The third-order valence-electron chi connectivity index (χ3n) is 4.72. The molecule has 4 rings (SSSR count). The van der Waals surface area contributed by atoms with Crippen LogP contribution >= 0.6 is 22.7 Å². The normalized spacial score (nSPS) is 14.1. The van der Waals surface area contributed by atoms with Crippen molar-refractivity contribution in [1.82, 2.24) is 14.8 Å². The molecule has 0 atom stereocenters. The van der Waals surface area contributed by atoms with E-state index in [0.717, 1.165) is 9.88 Å². The van der Waals surface area contributed by atoms with Gasteiger partial charge in [0.15, 0.2) is 0 Å². The first-order valence-electron chi connectivity index (χ1n) is 9.47. The largest absolute Gasteiger partial charge is 0.493 e. The van der Waals surface area contributed by atoms with Crippen molar-refractivity contribution in [2.75, 3.05) is 32.8 Å². The summed E-state index contributed by atoms with van der Waals surface area (Å²) in [6.45, 7) is 4.42. The van der Waals surface area contributed by atoms with E-state index < -0.39 is 0 Å². The summed E-state index contributed by atoms with van der Waals surface area (Å²) in [6.07, 6.45) is 1.65. The lowest BCUT2D eigenvalue weighted by Crippen LogP contribution is -2.50. The maximum atomic E-state index is 12.9. The molecule has 8 heteroatoms. The van der Waals surface area contributed by atoms with Crippen LogP contribution in [0.5, 0.6) is 5.75 Å².